The van der Waals surface area contributed by atoms with E-state index < -0.39 is 0 Å². The summed E-state index contributed by atoms with van der Waals surface area (Å²) in [7, 11) is 0. The van der Waals surface area contributed by atoms with Crippen molar-refractivity contribution in [3.8, 4) is 0 Å². The number of fused-ring (bicyclic) bond motifs is 1. The molecule has 3 rings (SSSR count). The molecule has 3 heteroatoms. The molecule has 16 heavy (non-hydrogen) atoms. The van der Waals surface area contributed by atoms with Crippen LogP contribution >= 0.6 is 11.3 Å². The van der Waals surface area contributed by atoms with Crippen molar-refractivity contribution in [1.82, 2.24) is 10.2 Å². The Bertz CT molecular complexity index is 341. The summed E-state index contributed by atoms with van der Waals surface area (Å²) in [6.07, 6.45) is 4.05. The van der Waals surface area contributed by atoms with Crippen LogP contribution in [0.25, 0.3) is 0 Å². The number of nitrogens with one attached hydrogen (secondary N) is 1. The first-order valence-corrected chi connectivity index (χ1v) is 7.28. The highest BCUT2D eigenvalue weighted by molar-refractivity contribution is 7.10. The van der Waals surface area contributed by atoms with E-state index in [0.717, 1.165) is 5.92 Å². The van der Waals surface area contributed by atoms with Crippen LogP contribution in [0.5, 0.6) is 0 Å². The van der Waals surface area contributed by atoms with E-state index in [9.17, 15) is 0 Å². The average Bonchev–Trinajstić information content (AvgIpc) is 2.77. The van der Waals surface area contributed by atoms with Gasteiger partial charge in [-0.05, 0) is 55.3 Å². The maximum atomic E-state index is 3.51. The van der Waals surface area contributed by atoms with Crippen LogP contribution in [0.3, 0.4) is 0 Å². The van der Waals surface area contributed by atoms with E-state index in [0.29, 0.717) is 0 Å². The Kier molecular flexibility index (Phi) is 3.27. The molecule has 0 spiro atoms. The maximum absolute atomic E-state index is 3.51. The van der Waals surface area contributed by atoms with Crippen LogP contribution in [-0.4, -0.2) is 31.1 Å². The van der Waals surface area contributed by atoms with Gasteiger partial charge in [0.25, 0.3) is 0 Å². The van der Waals surface area contributed by atoms with Gasteiger partial charge in [-0.15, -0.1) is 11.3 Å². The number of hydrogen-bond donors (Lipinski definition) is 1. The summed E-state index contributed by atoms with van der Waals surface area (Å²) in [6.45, 7) is 6.21. The highest BCUT2D eigenvalue weighted by atomic mass is 32.1. The van der Waals surface area contributed by atoms with E-state index in [1.54, 1.807) is 10.4 Å². The van der Waals surface area contributed by atoms with Gasteiger partial charge < -0.3 is 5.32 Å². The van der Waals surface area contributed by atoms with Gasteiger partial charge in [-0.25, -0.2) is 0 Å². The van der Waals surface area contributed by atoms with Gasteiger partial charge in [-0.2, -0.15) is 0 Å². The zero-order valence-corrected chi connectivity index (χ0v) is 10.6. The Labute approximate surface area is 102 Å². The van der Waals surface area contributed by atoms with E-state index in [1.165, 1.54) is 52.0 Å². The second kappa shape index (κ2) is 4.86. The molecule has 1 saturated heterocycles. The molecule has 0 aromatic carbocycles. The molecule has 0 radical (unpaired) electrons. The Morgan fingerprint density at radius 2 is 2.50 bits per heavy atom. The molecule has 1 aromatic heterocycles. The molecule has 1 fully saturated rings. The monoisotopic (exact) mass is 236 g/mol. The molecular formula is C13H20N2S. The van der Waals surface area contributed by atoms with Crippen molar-refractivity contribution in [3.63, 3.8) is 0 Å². The number of hydrogen-bond acceptors (Lipinski definition) is 3. The zero-order valence-electron chi connectivity index (χ0n) is 9.74. The van der Waals surface area contributed by atoms with E-state index >= 15 is 0 Å². The van der Waals surface area contributed by atoms with Crippen molar-refractivity contribution >= 4 is 11.3 Å². The van der Waals surface area contributed by atoms with E-state index in [-0.39, 0.29) is 0 Å². The van der Waals surface area contributed by atoms with Crippen molar-refractivity contribution in [1.29, 1.82) is 0 Å². The lowest BCUT2D eigenvalue weighted by Crippen LogP contribution is -2.40. The average molecular weight is 236 g/mol. The number of thiophene rings is 1. The van der Waals surface area contributed by atoms with Gasteiger partial charge in [0, 0.05) is 24.5 Å². The fourth-order valence-corrected chi connectivity index (χ4v) is 3.80. The number of nitrogens with zero attached hydrogens (tertiary/aromatic N) is 1. The molecule has 0 bridgehead atoms. The SMILES string of the molecule is c1cc2c(s1)CCN(CC1CCCNC1)C2. The second-order valence-electron chi connectivity index (χ2n) is 5.07. The summed E-state index contributed by atoms with van der Waals surface area (Å²) in [5.41, 5.74) is 1.58. The van der Waals surface area contributed by atoms with Crippen molar-refractivity contribution < 1.29 is 0 Å². The fourth-order valence-electron chi connectivity index (χ4n) is 2.91. The smallest absolute Gasteiger partial charge is 0.0245 e. The first-order valence-electron chi connectivity index (χ1n) is 6.40. The molecule has 1 unspecified atom stereocenters. The van der Waals surface area contributed by atoms with Crippen molar-refractivity contribution in [3.05, 3.63) is 21.9 Å². The summed E-state index contributed by atoms with van der Waals surface area (Å²) in [6, 6.07) is 2.31. The Balaban J connectivity index is 1.57. The minimum Gasteiger partial charge on any atom is -0.316 e. The molecule has 1 atom stereocenters. The molecule has 2 aliphatic heterocycles. The Hall–Kier alpha value is -0.380. The predicted molar refractivity (Wildman–Crippen MR) is 68.9 cm³/mol. The van der Waals surface area contributed by atoms with Crippen LogP contribution in [0.15, 0.2) is 11.4 Å². The first kappa shape index (κ1) is 10.8. The third-order valence-corrected chi connectivity index (χ3v) is 4.83. The maximum Gasteiger partial charge on any atom is 0.0245 e. The first-order chi connectivity index (χ1) is 7.92. The Morgan fingerprint density at radius 1 is 1.50 bits per heavy atom. The van der Waals surface area contributed by atoms with Gasteiger partial charge in [0.1, 0.15) is 0 Å². The van der Waals surface area contributed by atoms with Crippen LogP contribution in [0.1, 0.15) is 23.3 Å². The van der Waals surface area contributed by atoms with Crippen LogP contribution < -0.4 is 5.32 Å². The van der Waals surface area contributed by atoms with Gasteiger partial charge in [-0.1, -0.05) is 0 Å². The summed E-state index contributed by atoms with van der Waals surface area (Å²) in [5, 5.41) is 5.76. The molecule has 0 amide bonds. The largest absolute Gasteiger partial charge is 0.316 e. The van der Waals surface area contributed by atoms with Crippen molar-refractivity contribution in [2.75, 3.05) is 26.2 Å². The normalized spacial score (nSPS) is 26.6. The second-order valence-corrected chi connectivity index (χ2v) is 6.07. The quantitative estimate of drug-likeness (QED) is 0.846. The molecule has 2 nitrogen and oxygen atoms in total. The number of piperidine rings is 1. The van der Waals surface area contributed by atoms with Crippen LogP contribution in [0, 0.1) is 5.92 Å². The standard InChI is InChI=1S/C13H20N2S/c1-2-11(8-14-5-1)9-15-6-3-13-12(10-15)4-7-16-13/h4,7,11,14H,1-3,5-6,8-10H2. The summed E-state index contributed by atoms with van der Waals surface area (Å²) in [4.78, 5) is 4.27. The molecule has 88 valence electrons. The highest BCUT2D eigenvalue weighted by Crippen LogP contribution is 2.25. The molecular weight excluding hydrogens is 216 g/mol. The molecule has 3 heterocycles. The van der Waals surface area contributed by atoms with E-state index in [2.05, 4.69) is 21.7 Å². The fraction of sp³-hybridized carbons (Fsp3) is 0.692. The van der Waals surface area contributed by atoms with E-state index in [4.69, 9.17) is 0 Å². The lowest BCUT2D eigenvalue weighted by atomic mass is 9.98. The summed E-state index contributed by atoms with van der Waals surface area (Å²) >= 11 is 1.93. The van der Waals surface area contributed by atoms with Crippen LogP contribution in [0.4, 0.5) is 0 Å². The topological polar surface area (TPSA) is 15.3 Å². The van der Waals surface area contributed by atoms with Gasteiger partial charge in [0.15, 0.2) is 0 Å². The molecule has 2 aliphatic rings. The van der Waals surface area contributed by atoms with Gasteiger partial charge >= 0.3 is 0 Å². The third-order valence-electron chi connectivity index (χ3n) is 3.80. The lowest BCUT2D eigenvalue weighted by molar-refractivity contribution is 0.195. The lowest BCUT2D eigenvalue weighted by Gasteiger charge is -2.32. The third kappa shape index (κ3) is 2.31. The number of rotatable bonds is 2. The van der Waals surface area contributed by atoms with Gasteiger partial charge in [0.2, 0.25) is 0 Å². The molecule has 1 aromatic rings. The van der Waals surface area contributed by atoms with Gasteiger partial charge in [0.05, 0.1) is 0 Å². The van der Waals surface area contributed by atoms with Crippen LogP contribution in [0.2, 0.25) is 0 Å². The predicted octanol–water partition coefficient (Wildman–Crippen LogP) is 2.11. The molecule has 0 aliphatic carbocycles. The Morgan fingerprint density at radius 3 is 3.38 bits per heavy atom. The van der Waals surface area contributed by atoms with Crippen molar-refractivity contribution in [2.24, 2.45) is 5.92 Å². The molecule has 1 N–H and O–H groups in total. The minimum atomic E-state index is 0.883. The van der Waals surface area contributed by atoms with Crippen molar-refractivity contribution in [2.45, 2.75) is 25.8 Å². The van der Waals surface area contributed by atoms with Crippen LogP contribution in [-0.2, 0) is 13.0 Å². The summed E-state index contributed by atoms with van der Waals surface area (Å²) < 4.78 is 0. The van der Waals surface area contributed by atoms with E-state index in [1.807, 2.05) is 11.3 Å². The minimum absolute atomic E-state index is 0.883. The zero-order chi connectivity index (χ0) is 10.8. The summed E-state index contributed by atoms with van der Waals surface area (Å²) in [5.74, 6) is 0.883. The highest BCUT2D eigenvalue weighted by Gasteiger charge is 2.21. The van der Waals surface area contributed by atoms with Gasteiger partial charge in [-0.3, -0.25) is 4.90 Å². The molecule has 0 saturated carbocycles.